The number of ether oxygens (including phenoxy) is 4. The van der Waals surface area contributed by atoms with E-state index in [-0.39, 0.29) is 55.9 Å². The predicted molar refractivity (Wildman–Crippen MR) is 161 cm³/mol. The Morgan fingerprint density at radius 2 is 0.929 bits per heavy atom. The molecule has 0 fully saturated rings. The largest absolute Gasteiger partial charge is 0.486 e. The average molecular weight is 650 g/mol. The Bertz CT molecular complexity index is 1370. The fourth-order valence-corrected chi connectivity index (χ4v) is 4.84. The van der Waals surface area contributed by atoms with Crippen molar-refractivity contribution in [3.63, 3.8) is 0 Å². The summed E-state index contributed by atoms with van der Waals surface area (Å²) in [6, 6.07) is 24.2. The van der Waals surface area contributed by atoms with Gasteiger partial charge >= 0.3 is 11.9 Å². The van der Waals surface area contributed by atoms with Gasteiger partial charge in [0.1, 0.15) is 32.5 Å². The van der Waals surface area contributed by atoms with E-state index >= 15 is 0 Å². The summed E-state index contributed by atoms with van der Waals surface area (Å²) in [5.74, 6) is -1.13. The summed E-state index contributed by atoms with van der Waals surface area (Å²) in [6.07, 6.45) is -1.31. The molecule has 0 atom stereocenters. The van der Waals surface area contributed by atoms with Crippen molar-refractivity contribution in [1.82, 2.24) is 0 Å². The zero-order valence-electron chi connectivity index (χ0n) is 21.9. The second-order valence-corrected chi connectivity index (χ2v) is 10.6. The lowest BCUT2D eigenvalue weighted by Gasteiger charge is -2.14. The lowest BCUT2D eigenvalue weighted by Crippen LogP contribution is -2.25. The molecule has 0 heterocycles. The van der Waals surface area contributed by atoms with Crippen LogP contribution in [0.2, 0.25) is 20.1 Å². The van der Waals surface area contributed by atoms with Crippen LogP contribution in [-0.4, -0.2) is 36.4 Å². The highest BCUT2D eigenvalue weighted by atomic mass is 35.5. The quantitative estimate of drug-likeness (QED) is 0.156. The Labute approximate surface area is 262 Å². The zero-order valence-corrected chi connectivity index (χ0v) is 24.9. The fourth-order valence-electron chi connectivity index (χ4n) is 3.65. The molecule has 0 aliphatic heterocycles. The van der Waals surface area contributed by atoms with Gasteiger partial charge in [-0.2, -0.15) is 0 Å². The van der Waals surface area contributed by atoms with Crippen molar-refractivity contribution in [3.05, 3.63) is 127 Å². The van der Waals surface area contributed by atoms with Crippen LogP contribution >= 0.6 is 46.4 Å². The second kappa shape index (κ2) is 15.1. The molecule has 0 aliphatic rings. The zero-order chi connectivity index (χ0) is 30.1. The monoisotopic (exact) mass is 648 g/mol. The van der Waals surface area contributed by atoms with Gasteiger partial charge in [-0.15, -0.1) is 0 Å². The van der Waals surface area contributed by atoms with Crippen LogP contribution in [0.5, 0.6) is 11.5 Å². The summed E-state index contributed by atoms with van der Waals surface area (Å²) in [4.78, 5) is 25.0. The molecule has 4 rings (SSSR count). The third-order valence-corrected chi connectivity index (χ3v) is 6.86. The van der Waals surface area contributed by atoms with Gasteiger partial charge in [0, 0.05) is 0 Å². The van der Waals surface area contributed by atoms with Crippen LogP contribution in [-0.2, 0) is 22.7 Å². The van der Waals surface area contributed by atoms with Gasteiger partial charge in [0.2, 0.25) is 0 Å². The highest BCUT2D eigenvalue weighted by Crippen LogP contribution is 2.36. The molecule has 42 heavy (non-hydrogen) atoms. The molecule has 0 radical (unpaired) electrons. The van der Waals surface area contributed by atoms with Crippen molar-refractivity contribution in [3.8, 4) is 11.5 Å². The lowest BCUT2D eigenvalue weighted by molar-refractivity contribution is -0.00470. The number of carbonyl (C=O) groups is 2. The van der Waals surface area contributed by atoms with Crippen molar-refractivity contribution >= 4 is 58.3 Å². The molecule has 0 aromatic heterocycles. The summed E-state index contributed by atoms with van der Waals surface area (Å²) in [6.45, 7) is -0.443. The van der Waals surface area contributed by atoms with Crippen molar-refractivity contribution in [2.45, 2.75) is 19.3 Å². The molecular weight excluding hydrogens is 626 g/mol. The molecule has 11 heteroatoms. The maximum absolute atomic E-state index is 12.5. The molecule has 0 saturated carbocycles. The summed E-state index contributed by atoms with van der Waals surface area (Å²) in [5.41, 5.74) is 1.94. The molecule has 0 spiro atoms. The van der Waals surface area contributed by atoms with Crippen molar-refractivity contribution in [1.29, 1.82) is 0 Å². The van der Waals surface area contributed by atoms with E-state index in [4.69, 9.17) is 65.4 Å². The summed E-state index contributed by atoms with van der Waals surface area (Å²) < 4.78 is 21.7. The summed E-state index contributed by atoms with van der Waals surface area (Å²) >= 11 is 25.1. The Kier molecular flexibility index (Phi) is 11.3. The minimum Gasteiger partial charge on any atom is -0.486 e. The minimum atomic E-state index is -1.31. The van der Waals surface area contributed by atoms with Crippen LogP contribution in [0.25, 0.3) is 0 Å². The maximum atomic E-state index is 12.5. The molecular formula is C31H24Cl4O7. The molecule has 4 aromatic carbocycles. The maximum Gasteiger partial charge on any atom is 0.338 e. The normalized spacial score (nSPS) is 10.8. The number of hydrogen-bond acceptors (Lipinski definition) is 7. The van der Waals surface area contributed by atoms with E-state index in [0.717, 1.165) is 11.1 Å². The van der Waals surface area contributed by atoms with Crippen LogP contribution in [0.3, 0.4) is 0 Å². The first-order chi connectivity index (χ1) is 20.2. The van der Waals surface area contributed by atoms with E-state index in [1.807, 2.05) is 60.7 Å². The van der Waals surface area contributed by atoms with E-state index in [2.05, 4.69) is 0 Å². The van der Waals surface area contributed by atoms with Gasteiger partial charge < -0.3 is 24.1 Å². The molecule has 0 saturated heterocycles. The average Bonchev–Trinajstić information content (AvgIpc) is 2.98. The Morgan fingerprint density at radius 3 is 1.26 bits per heavy atom. The van der Waals surface area contributed by atoms with Crippen LogP contribution in [0, 0.1) is 0 Å². The number of benzene rings is 4. The SMILES string of the molecule is O=C(OCC(O)COC(=O)c1cc(Cl)c(OCc2ccccc2)c(Cl)c1)c1cc(Cl)c(OCc2ccccc2)c(Cl)c1. The molecule has 0 aliphatic carbocycles. The highest BCUT2D eigenvalue weighted by Gasteiger charge is 2.19. The van der Waals surface area contributed by atoms with Crippen LogP contribution < -0.4 is 9.47 Å². The minimum absolute atomic E-state index is 0.0557. The van der Waals surface area contributed by atoms with E-state index in [1.54, 1.807) is 0 Å². The highest BCUT2D eigenvalue weighted by molar-refractivity contribution is 6.38. The van der Waals surface area contributed by atoms with Gasteiger partial charge in [0.05, 0.1) is 31.2 Å². The van der Waals surface area contributed by atoms with Gasteiger partial charge in [-0.3, -0.25) is 0 Å². The predicted octanol–water partition coefficient (Wildman–Crippen LogP) is 7.83. The third-order valence-electron chi connectivity index (χ3n) is 5.73. The lowest BCUT2D eigenvalue weighted by atomic mass is 10.2. The van der Waals surface area contributed by atoms with E-state index in [1.165, 1.54) is 24.3 Å². The number of halogens is 4. The number of rotatable bonds is 12. The van der Waals surface area contributed by atoms with Gasteiger partial charge in [-0.05, 0) is 35.4 Å². The van der Waals surface area contributed by atoms with Crippen LogP contribution in [0.15, 0.2) is 84.9 Å². The number of hydrogen-bond donors (Lipinski definition) is 1. The van der Waals surface area contributed by atoms with E-state index < -0.39 is 31.3 Å². The number of aliphatic hydroxyl groups excluding tert-OH is 1. The molecule has 0 amide bonds. The Hall–Kier alpha value is -3.46. The van der Waals surface area contributed by atoms with Crippen molar-refractivity contribution in [2.24, 2.45) is 0 Å². The van der Waals surface area contributed by atoms with Crippen LogP contribution in [0.1, 0.15) is 31.8 Å². The molecule has 0 unspecified atom stereocenters. The molecule has 0 bridgehead atoms. The first-order valence-corrected chi connectivity index (χ1v) is 14.1. The molecule has 218 valence electrons. The topological polar surface area (TPSA) is 91.3 Å². The number of aliphatic hydroxyl groups is 1. The summed E-state index contributed by atoms with van der Waals surface area (Å²) in [7, 11) is 0. The first kappa shape index (κ1) is 31.5. The molecule has 1 N–H and O–H groups in total. The Morgan fingerprint density at radius 1 is 0.595 bits per heavy atom. The smallest absolute Gasteiger partial charge is 0.338 e. The van der Waals surface area contributed by atoms with Gasteiger partial charge in [-0.1, -0.05) is 107 Å². The number of carbonyl (C=O) groups excluding carboxylic acids is 2. The van der Waals surface area contributed by atoms with Crippen molar-refractivity contribution < 1.29 is 33.6 Å². The van der Waals surface area contributed by atoms with Crippen molar-refractivity contribution in [2.75, 3.05) is 13.2 Å². The van der Waals surface area contributed by atoms with E-state index in [0.29, 0.717) is 0 Å². The van der Waals surface area contributed by atoms with Gasteiger partial charge in [0.15, 0.2) is 11.5 Å². The third kappa shape index (κ3) is 8.77. The fraction of sp³-hybridized carbons (Fsp3) is 0.161. The summed E-state index contributed by atoms with van der Waals surface area (Å²) in [5, 5.41) is 10.7. The number of esters is 2. The van der Waals surface area contributed by atoms with Gasteiger partial charge in [-0.25, -0.2) is 9.59 Å². The van der Waals surface area contributed by atoms with Crippen LogP contribution in [0.4, 0.5) is 0 Å². The second-order valence-electron chi connectivity index (χ2n) is 8.94. The molecule has 4 aromatic rings. The van der Waals surface area contributed by atoms with Gasteiger partial charge in [0.25, 0.3) is 0 Å². The van der Waals surface area contributed by atoms with E-state index in [9.17, 15) is 14.7 Å². The molecule has 7 nitrogen and oxygen atoms in total. The standard InChI is InChI=1S/C31H24Cl4O7/c32-24-11-21(12-25(33)28(24)39-15-19-7-3-1-4-8-19)30(37)41-17-23(36)18-42-31(38)22-13-26(34)29(27(35)14-22)40-16-20-9-5-2-6-10-20/h1-14,23,36H,15-18H2. The first-order valence-electron chi connectivity index (χ1n) is 12.5. The Balaban J connectivity index is 1.26.